The molecule has 0 heterocycles. The number of methoxy groups -OCH3 is 4. The molecule has 9 heteroatoms. The molecular weight excluding hydrogens is 858 g/mol. The molecule has 68 heavy (non-hydrogen) atoms. The van der Waals surface area contributed by atoms with Gasteiger partial charge in [0.05, 0.1) is 46.1 Å². The lowest BCUT2D eigenvalue weighted by Crippen LogP contribution is -2.25. The molecule has 0 aliphatic heterocycles. The first-order valence-corrected chi connectivity index (χ1v) is 23.0. The van der Waals surface area contributed by atoms with Crippen LogP contribution in [-0.4, -0.2) is 28.4 Å². The average Bonchev–Trinajstić information content (AvgIpc) is 3.67. The van der Waals surface area contributed by atoms with Crippen LogP contribution in [0.2, 0.25) is 0 Å². The lowest BCUT2D eigenvalue weighted by Gasteiger charge is -2.34. The average molecular weight is 913 g/mol. The maximum Gasteiger partial charge on any atom is 0.416 e. The van der Waals surface area contributed by atoms with Gasteiger partial charge in [-0.15, -0.1) is 0 Å². The van der Waals surface area contributed by atoms with Gasteiger partial charge in [0.15, 0.2) is 0 Å². The Kier molecular flexibility index (Phi) is 13.1. The fourth-order valence-corrected chi connectivity index (χ4v) is 10.1. The summed E-state index contributed by atoms with van der Waals surface area (Å²) in [4.78, 5) is 0. The van der Waals surface area contributed by atoms with Crippen molar-refractivity contribution in [1.29, 1.82) is 0 Å². The lowest BCUT2D eigenvalue weighted by molar-refractivity contribution is -0.137. The largest absolute Gasteiger partial charge is 0.497 e. The standard InChI is InChI=1S/C59H55F3N2O4/c1-7-36-12-9-13-37(8-2)55(36)63-57-48-16-10-14-38-15-11-17-49(54(38)48)58(57)64-56-50(52(39-18-26-44(65-3)27-19-39)40-20-28-45(66-4)29-21-40)34-43(59(60,61)62)35-51(56)53(41-22-30-46(67-5)31-23-41)42-24-32-47(68-6)33-25-42/h9-35,52-53,57-58,63-64H,7-8H2,1-6H3. The molecule has 0 saturated heterocycles. The Bertz CT molecular complexity index is 2780. The van der Waals surface area contributed by atoms with Crippen molar-refractivity contribution >= 4 is 22.1 Å². The van der Waals surface area contributed by atoms with E-state index >= 15 is 13.2 Å². The number of hydrogen-bond acceptors (Lipinski definition) is 6. The Hall–Kier alpha value is -7.39. The Balaban J connectivity index is 1.38. The van der Waals surface area contributed by atoms with Crippen LogP contribution in [0.4, 0.5) is 24.5 Å². The summed E-state index contributed by atoms with van der Waals surface area (Å²) in [6.07, 6.45) is -3.07. The number of alkyl halides is 3. The first kappa shape index (κ1) is 45.8. The van der Waals surface area contributed by atoms with Crippen molar-refractivity contribution in [3.63, 3.8) is 0 Å². The Morgan fingerprint density at radius 2 is 0.794 bits per heavy atom. The molecule has 0 radical (unpaired) electrons. The number of ether oxygens (including phenoxy) is 4. The van der Waals surface area contributed by atoms with Gasteiger partial charge in [0.1, 0.15) is 23.0 Å². The molecule has 8 aromatic rings. The molecular formula is C59H55F3N2O4. The van der Waals surface area contributed by atoms with Crippen LogP contribution in [0.25, 0.3) is 10.8 Å². The molecule has 9 rings (SSSR count). The van der Waals surface area contributed by atoms with Crippen molar-refractivity contribution in [2.75, 3.05) is 39.1 Å². The highest BCUT2D eigenvalue weighted by Crippen LogP contribution is 2.52. The molecule has 8 aromatic carbocycles. The highest BCUT2D eigenvalue weighted by molar-refractivity contribution is 5.93. The number of halogens is 3. The van der Waals surface area contributed by atoms with Gasteiger partial charge in [-0.3, -0.25) is 0 Å². The third kappa shape index (κ3) is 8.81. The van der Waals surface area contributed by atoms with E-state index in [1.54, 1.807) is 28.4 Å². The van der Waals surface area contributed by atoms with Crippen LogP contribution in [0.5, 0.6) is 23.0 Å². The minimum Gasteiger partial charge on any atom is -0.497 e. The number of para-hydroxylation sites is 1. The molecule has 0 amide bonds. The van der Waals surface area contributed by atoms with Crippen LogP contribution in [0.3, 0.4) is 0 Å². The van der Waals surface area contributed by atoms with Gasteiger partial charge in [-0.05, 0) is 140 Å². The first-order chi connectivity index (χ1) is 33.1. The van der Waals surface area contributed by atoms with Crippen LogP contribution in [0, 0.1) is 0 Å². The third-order valence-corrected chi connectivity index (χ3v) is 13.5. The van der Waals surface area contributed by atoms with Gasteiger partial charge >= 0.3 is 6.18 Å². The summed E-state index contributed by atoms with van der Waals surface area (Å²) in [5.41, 5.74) is 9.52. The maximum absolute atomic E-state index is 15.9. The topological polar surface area (TPSA) is 61.0 Å². The SMILES string of the molecule is CCc1cccc(CC)c1NC1c2cccc3cccc(c23)C1Nc1c(C(c2ccc(OC)cc2)c2ccc(OC)cc2)cc(C(F)(F)F)cc1C(c1ccc(OC)cc1)c1ccc(OC)cc1. The summed E-state index contributed by atoms with van der Waals surface area (Å²) < 4.78 is 70.1. The van der Waals surface area contributed by atoms with E-state index in [0.717, 1.165) is 62.7 Å². The zero-order valence-corrected chi connectivity index (χ0v) is 39.1. The predicted molar refractivity (Wildman–Crippen MR) is 267 cm³/mol. The summed E-state index contributed by atoms with van der Waals surface area (Å²) >= 11 is 0. The van der Waals surface area contributed by atoms with Gasteiger partial charge in [-0.2, -0.15) is 13.2 Å². The Morgan fingerprint density at radius 1 is 0.456 bits per heavy atom. The zero-order valence-electron chi connectivity index (χ0n) is 39.1. The summed E-state index contributed by atoms with van der Waals surface area (Å²) in [5, 5.41) is 10.4. The van der Waals surface area contributed by atoms with Crippen molar-refractivity contribution in [1.82, 2.24) is 0 Å². The Morgan fingerprint density at radius 3 is 1.12 bits per heavy atom. The second-order valence-corrected chi connectivity index (χ2v) is 17.2. The van der Waals surface area contributed by atoms with Crippen LogP contribution < -0.4 is 29.6 Å². The minimum atomic E-state index is -4.71. The molecule has 2 unspecified atom stereocenters. The number of aryl methyl sites for hydroxylation is 2. The van der Waals surface area contributed by atoms with Gasteiger partial charge < -0.3 is 29.6 Å². The van der Waals surface area contributed by atoms with Crippen molar-refractivity contribution in [2.24, 2.45) is 0 Å². The zero-order chi connectivity index (χ0) is 47.5. The highest BCUT2D eigenvalue weighted by atomic mass is 19.4. The van der Waals surface area contributed by atoms with E-state index in [0.29, 0.717) is 39.8 Å². The fraction of sp³-hybridized carbons (Fsp3) is 0.220. The minimum absolute atomic E-state index is 0.321. The summed E-state index contributed by atoms with van der Waals surface area (Å²) in [5.74, 6) is 1.15. The van der Waals surface area contributed by atoms with Crippen LogP contribution >= 0.6 is 0 Å². The lowest BCUT2D eigenvalue weighted by atomic mass is 9.77. The van der Waals surface area contributed by atoms with Gasteiger partial charge in [-0.1, -0.05) is 117 Å². The predicted octanol–water partition coefficient (Wildman–Crippen LogP) is 14.7. The molecule has 0 aromatic heterocycles. The molecule has 0 saturated carbocycles. The van der Waals surface area contributed by atoms with Crippen LogP contribution in [-0.2, 0) is 19.0 Å². The third-order valence-electron chi connectivity index (χ3n) is 13.5. The second-order valence-electron chi connectivity index (χ2n) is 17.2. The van der Waals surface area contributed by atoms with Gasteiger partial charge in [-0.25, -0.2) is 0 Å². The van der Waals surface area contributed by atoms with E-state index in [4.69, 9.17) is 18.9 Å². The smallest absolute Gasteiger partial charge is 0.416 e. The highest BCUT2D eigenvalue weighted by Gasteiger charge is 2.40. The monoisotopic (exact) mass is 912 g/mol. The molecule has 1 aliphatic rings. The van der Waals surface area contributed by atoms with Crippen molar-refractivity contribution in [3.8, 4) is 23.0 Å². The molecule has 346 valence electrons. The summed E-state index contributed by atoms with van der Waals surface area (Å²) in [6, 6.07) is 51.5. The molecule has 1 aliphatic carbocycles. The van der Waals surface area contributed by atoms with Crippen molar-refractivity contribution < 1.29 is 32.1 Å². The van der Waals surface area contributed by atoms with E-state index in [2.05, 4.69) is 79.1 Å². The number of anilines is 2. The van der Waals surface area contributed by atoms with Gasteiger partial charge in [0, 0.05) is 23.2 Å². The second kappa shape index (κ2) is 19.4. The van der Waals surface area contributed by atoms with E-state index in [1.807, 2.05) is 97.1 Å². The number of rotatable bonds is 16. The van der Waals surface area contributed by atoms with Crippen molar-refractivity contribution in [3.05, 3.63) is 225 Å². The molecule has 0 spiro atoms. The van der Waals surface area contributed by atoms with Gasteiger partial charge in [0.2, 0.25) is 0 Å². The van der Waals surface area contributed by atoms with Crippen LogP contribution in [0.15, 0.2) is 164 Å². The maximum atomic E-state index is 15.9. The summed E-state index contributed by atoms with van der Waals surface area (Å²) in [6.45, 7) is 4.33. The number of nitrogens with one attached hydrogen (secondary N) is 2. The molecule has 6 nitrogen and oxygen atoms in total. The molecule has 2 atom stereocenters. The van der Waals surface area contributed by atoms with E-state index in [9.17, 15) is 0 Å². The molecule has 2 N–H and O–H groups in total. The van der Waals surface area contributed by atoms with E-state index < -0.39 is 29.6 Å². The normalized spacial score (nSPS) is 14.3. The summed E-state index contributed by atoms with van der Waals surface area (Å²) in [7, 11) is 6.40. The number of benzene rings is 8. The molecule has 0 bridgehead atoms. The van der Waals surface area contributed by atoms with Gasteiger partial charge in [0.25, 0.3) is 0 Å². The van der Waals surface area contributed by atoms with Crippen molar-refractivity contribution in [2.45, 2.75) is 56.8 Å². The number of hydrogen-bond donors (Lipinski definition) is 2. The van der Waals surface area contributed by atoms with Crippen LogP contribution in [0.1, 0.15) is 99.0 Å². The first-order valence-electron chi connectivity index (χ1n) is 23.0. The quantitative estimate of drug-likeness (QED) is 0.0942. The Labute approximate surface area is 396 Å². The van der Waals surface area contributed by atoms with E-state index in [1.165, 1.54) is 23.3 Å². The fourth-order valence-electron chi connectivity index (χ4n) is 10.1. The van der Waals surface area contributed by atoms with E-state index in [-0.39, 0.29) is 6.04 Å². The molecule has 0 fully saturated rings.